The number of pyridine rings is 1. The van der Waals surface area contributed by atoms with Gasteiger partial charge in [0, 0.05) is 22.4 Å². The lowest BCUT2D eigenvalue weighted by atomic mass is 9.89. The van der Waals surface area contributed by atoms with E-state index in [2.05, 4.69) is 95.8 Å². The molecule has 0 radical (unpaired) electrons. The van der Waals surface area contributed by atoms with E-state index in [0.717, 1.165) is 11.9 Å². The third-order valence-corrected chi connectivity index (χ3v) is 6.65. The molecule has 1 fully saturated rings. The van der Waals surface area contributed by atoms with Crippen LogP contribution in [0.4, 0.5) is 0 Å². The van der Waals surface area contributed by atoms with Crippen molar-refractivity contribution in [1.29, 1.82) is 0 Å². The van der Waals surface area contributed by atoms with E-state index in [1.807, 2.05) is 0 Å². The minimum absolute atomic E-state index is 0.524. The van der Waals surface area contributed by atoms with E-state index in [4.69, 9.17) is 4.98 Å². The molecule has 2 unspecified atom stereocenters. The van der Waals surface area contributed by atoms with Crippen molar-refractivity contribution >= 4 is 17.0 Å². The number of para-hydroxylation sites is 1. The Labute approximate surface area is 194 Å². The molecule has 4 rings (SSSR count). The molecule has 1 aromatic heterocycles. The fourth-order valence-corrected chi connectivity index (χ4v) is 4.98. The molecule has 2 aromatic carbocycles. The summed E-state index contributed by atoms with van der Waals surface area (Å²) >= 11 is 0. The first kappa shape index (κ1) is 22.5. The average molecular weight is 424 g/mol. The summed E-state index contributed by atoms with van der Waals surface area (Å²) in [6.45, 7) is 15.3. The van der Waals surface area contributed by atoms with Crippen molar-refractivity contribution in [2.45, 2.75) is 66.2 Å². The van der Waals surface area contributed by atoms with Gasteiger partial charge in [-0.15, -0.1) is 6.58 Å². The molecular weight excluding hydrogens is 386 g/mol. The Morgan fingerprint density at radius 2 is 1.81 bits per heavy atom. The highest BCUT2D eigenvalue weighted by atomic mass is 14.7. The summed E-state index contributed by atoms with van der Waals surface area (Å²) in [7, 11) is 0. The first-order chi connectivity index (χ1) is 15.3. The second-order valence-electron chi connectivity index (χ2n) is 10.2. The zero-order valence-electron chi connectivity index (χ0n) is 20.4. The van der Waals surface area contributed by atoms with Crippen molar-refractivity contribution in [3.05, 3.63) is 83.1 Å². The van der Waals surface area contributed by atoms with Crippen LogP contribution in [-0.4, -0.2) is 4.98 Å². The highest BCUT2D eigenvalue weighted by molar-refractivity contribution is 6.00. The standard InChI is InChI=1S/C31H37N/c1-20(2)18-23(5)19-22(4)12-17-28-29(25-13-10-21(3)11-14-25)27-9-7-8-24(6)30(27)32-31(28)26-15-16-26/h7-14,17,22-23,26H,1,15-16,18-19H2,2-6H3/b17-12+. The Morgan fingerprint density at radius 3 is 2.47 bits per heavy atom. The molecule has 1 aliphatic rings. The molecular formula is C31H37N. The largest absolute Gasteiger partial charge is 0.252 e. The Balaban J connectivity index is 1.83. The van der Waals surface area contributed by atoms with Crippen LogP contribution in [-0.2, 0) is 0 Å². The molecule has 0 aliphatic heterocycles. The van der Waals surface area contributed by atoms with Crippen molar-refractivity contribution in [2.75, 3.05) is 0 Å². The van der Waals surface area contributed by atoms with Crippen LogP contribution in [0.2, 0.25) is 0 Å². The maximum absolute atomic E-state index is 5.26. The number of benzene rings is 2. The number of hydrogen-bond acceptors (Lipinski definition) is 1. The van der Waals surface area contributed by atoms with E-state index in [-0.39, 0.29) is 0 Å². The second kappa shape index (κ2) is 9.45. The van der Waals surface area contributed by atoms with E-state index in [1.165, 1.54) is 63.7 Å². The van der Waals surface area contributed by atoms with Gasteiger partial charge in [-0.25, -0.2) is 0 Å². The molecule has 1 heterocycles. The summed E-state index contributed by atoms with van der Waals surface area (Å²) in [6, 6.07) is 15.6. The number of fused-ring (bicyclic) bond motifs is 1. The van der Waals surface area contributed by atoms with E-state index in [1.54, 1.807) is 0 Å². The first-order valence-corrected chi connectivity index (χ1v) is 12.2. The highest BCUT2D eigenvalue weighted by Gasteiger charge is 2.29. The molecule has 3 aromatic rings. The van der Waals surface area contributed by atoms with Crippen LogP contribution in [0.15, 0.2) is 60.7 Å². The third-order valence-electron chi connectivity index (χ3n) is 6.65. The smallest absolute Gasteiger partial charge is 0.0741 e. The van der Waals surface area contributed by atoms with Crippen LogP contribution in [0, 0.1) is 25.7 Å². The van der Waals surface area contributed by atoms with Gasteiger partial charge in [0.1, 0.15) is 0 Å². The Morgan fingerprint density at radius 1 is 1.09 bits per heavy atom. The van der Waals surface area contributed by atoms with Gasteiger partial charge in [-0.05, 0) is 69.4 Å². The molecule has 2 atom stereocenters. The zero-order chi connectivity index (χ0) is 22.8. The van der Waals surface area contributed by atoms with Crippen molar-refractivity contribution < 1.29 is 0 Å². The summed E-state index contributed by atoms with van der Waals surface area (Å²) in [5.41, 5.74) is 10.2. The van der Waals surface area contributed by atoms with Gasteiger partial charge in [-0.1, -0.05) is 79.6 Å². The van der Waals surface area contributed by atoms with Crippen LogP contribution < -0.4 is 0 Å². The van der Waals surface area contributed by atoms with Crippen LogP contribution in [0.3, 0.4) is 0 Å². The molecule has 32 heavy (non-hydrogen) atoms. The molecule has 1 heteroatoms. The summed E-state index contributed by atoms with van der Waals surface area (Å²) in [4.78, 5) is 5.26. The average Bonchev–Trinajstić information content (AvgIpc) is 3.57. The Hall–Kier alpha value is -2.67. The Kier molecular flexibility index (Phi) is 6.65. The fourth-order valence-electron chi connectivity index (χ4n) is 4.98. The topological polar surface area (TPSA) is 12.9 Å². The van der Waals surface area contributed by atoms with Gasteiger partial charge in [0.2, 0.25) is 0 Å². The van der Waals surface area contributed by atoms with Crippen molar-refractivity contribution in [1.82, 2.24) is 4.98 Å². The van der Waals surface area contributed by atoms with E-state index in [9.17, 15) is 0 Å². The van der Waals surface area contributed by atoms with E-state index in [0.29, 0.717) is 17.8 Å². The Bertz CT molecular complexity index is 1150. The van der Waals surface area contributed by atoms with Crippen LogP contribution in [0.1, 0.15) is 74.8 Å². The molecule has 0 N–H and O–H groups in total. The normalized spacial score (nSPS) is 15.9. The monoisotopic (exact) mass is 423 g/mol. The molecule has 166 valence electrons. The summed E-state index contributed by atoms with van der Waals surface area (Å²) < 4.78 is 0. The number of aryl methyl sites for hydroxylation is 2. The minimum atomic E-state index is 0.524. The van der Waals surface area contributed by atoms with Gasteiger partial charge >= 0.3 is 0 Å². The summed E-state index contributed by atoms with van der Waals surface area (Å²) in [5.74, 6) is 1.78. The van der Waals surface area contributed by atoms with Crippen molar-refractivity contribution in [2.24, 2.45) is 11.8 Å². The SMILES string of the molecule is C=C(C)CC(C)CC(C)/C=C/c1c(C2CC2)nc2c(C)cccc2c1-c1ccc(C)cc1. The number of hydrogen-bond donors (Lipinski definition) is 0. The minimum Gasteiger partial charge on any atom is -0.252 e. The zero-order valence-corrected chi connectivity index (χ0v) is 20.4. The molecule has 0 spiro atoms. The van der Waals surface area contributed by atoms with Crippen LogP contribution >= 0.6 is 0 Å². The highest BCUT2D eigenvalue weighted by Crippen LogP contribution is 2.45. The summed E-state index contributed by atoms with van der Waals surface area (Å²) in [6.07, 6.45) is 9.60. The second-order valence-corrected chi connectivity index (χ2v) is 10.2. The van der Waals surface area contributed by atoms with Gasteiger partial charge in [-0.2, -0.15) is 0 Å². The number of nitrogens with zero attached hydrogens (tertiary/aromatic N) is 1. The fraction of sp³-hybridized carbons (Fsp3) is 0.387. The van der Waals surface area contributed by atoms with Crippen LogP contribution in [0.25, 0.3) is 28.1 Å². The van der Waals surface area contributed by atoms with Gasteiger partial charge in [0.25, 0.3) is 0 Å². The molecule has 1 aliphatic carbocycles. The third kappa shape index (κ3) is 5.04. The van der Waals surface area contributed by atoms with Gasteiger partial charge in [0.05, 0.1) is 11.2 Å². The van der Waals surface area contributed by atoms with E-state index >= 15 is 0 Å². The quantitative estimate of drug-likeness (QED) is 0.329. The molecule has 0 saturated heterocycles. The van der Waals surface area contributed by atoms with Gasteiger partial charge in [-0.3, -0.25) is 4.98 Å². The number of allylic oxidation sites excluding steroid dienone is 2. The lowest BCUT2D eigenvalue weighted by Crippen LogP contribution is -2.02. The van der Waals surface area contributed by atoms with Gasteiger partial charge in [0.15, 0.2) is 0 Å². The molecule has 1 nitrogen and oxygen atoms in total. The first-order valence-electron chi connectivity index (χ1n) is 12.2. The molecule has 0 amide bonds. The van der Waals surface area contributed by atoms with E-state index < -0.39 is 0 Å². The number of rotatable bonds is 8. The maximum atomic E-state index is 5.26. The lowest BCUT2D eigenvalue weighted by Gasteiger charge is -2.18. The molecule has 0 bridgehead atoms. The van der Waals surface area contributed by atoms with Crippen molar-refractivity contribution in [3.63, 3.8) is 0 Å². The predicted molar refractivity (Wildman–Crippen MR) is 140 cm³/mol. The lowest BCUT2D eigenvalue weighted by molar-refractivity contribution is 0.465. The molecule has 1 saturated carbocycles. The number of aromatic nitrogens is 1. The van der Waals surface area contributed by atoms with Gasteiger partial charge < -0.3 is 0 Å². The maximum Gasteiger partial charge on any atom is 0.0741 e. The summed E-state index contributed by atoms with van der Waals surface area (Å²) in [5, 5.41) is 1.27. The van der Waals surface area contributed by atoms with Crippen LogP contribution in [0.5, 0.6) is 0 Å². The van der Waals surface area contributed by atoms with Crippen molar-refractivity contribution in [3.8, 4) is 11.1 Å². The predicted octanol–water partition coefficient (Wildman–Crippen LogP) is 9.04.